The van der Waals surface area contributed by atoms with E-state index in [4.69, 9.17) is 13.8 Å². The fourth-order valence-electron chi connectivity index (χ4n) is 3.09. The Morgan fingerprint density at radius 1 is 1.21 bits per heavy atom. The van der Waals surface area contributed by atoms with Crippen molar-refractivity contribution in [3.8, 4) is 0 Å². The van der Waals surface area contributed by atoms with Gasteiger partial charge in [-0.25, -0.2) is 9.36 Å². The molecule has 0 saturated carbocycles. The predicted molar refractivity (Wildman–Crippen MR) is 104 cm³/mol. The van der Waals surface area contributed by atoms with Gasteiger partial charge in [-0.05, 0) is 26.2 Å². The SMILES string of the molecule is CCCCCCCCOP(=O)(O)OC[C@@H]1CC[C@H](n2cc(C)c(=O)[nH]c2=O)O1. The zero-order valence-electron chi connectivity index (χ0n) is 16.6. The molecule has 1 saturated heterocycles. The van der Waals surface area contributed by atoms with Gasteiger partial charge in [0.2, 0.25) is 0 Å². The highest BCUT2D eigenvalue weighted by molar-refractivity contribution is 7.47. The van der Waals surface area contributed by atoms with Gasteiger partial charge >= 0.3 is 13.5 Å². The maximum atomic E-state index is 12.0. The molecule has 2 N–H and O–H groups in total. The largest absolute Gasteiger partial charge is 0.472 e. The van der Waals surface area contributed by atoms with Gasteiger partial charge in [0.25, 0.3) is 5.56 Å². The van der Waals surface area contributed by atoms with Gasteiger partial charge in [0.1, 0.15) is 6.23 Å². The molecule has 0 amide bonds. The van der Waals surface area contributed by atoms with E-state index >= 15 is 0 Å². The topological polar surface area (TPSA) is 120 Å². The van der Waals surface area contributed by atoms with Crippen molar-refractivity contribution < 1.29 is 23.2 Å². The smallest absolute Gasteiger partial charge is 0.352 e. The van der Waals surface area contributed by atoms with Crippen molar-refractivity contribution in [2.24, 2.45) is 0 Å². The number of unbranched alkanes of at least 4 members (excludes halogenated alkanes) is 5. The number of phosphoric acid groups is 1. The van der Waals surface area contributed by atoms with Crippen molar-refractivity contribution in [3.05, 3.63) is 32.6 Å². The maximum absolute atomic E-state index is 12.0. The molecule has 2 rings (SSSR count). The summed E-state index contributed by atoms with van der Waals surface area (Å²) in [4.78, 5) is 35.4. The van der Waals surface area contributed by atoms with E-state index in [1.165, 1.54) is 30.0 Å². The number of hydrogen-bond donors (Lipinski definition) is 2. The molecule has 1 aromatic rings. The lowest BCUT2D eigenvalue weighted by Gasteiger charge is -2.17. The summed E-state index contributed by atoms with van der Waals surface area (Å²) in [5.74, 6) is 0. The van der Waals surface area contributed by atoms with Crippen LogP contribution in [-0.4, -0.2) is 33.8 Å². The maximum Gasteiger partial charge on any atom is 0.472 e. The Balaban J connectivity index is 1.72. The van der Waals surface area contributed by atoms with E-state index in [1.54, 1.807) is 6.92 Å². The first kappa shape index (κ1) is 23.0. The van der Waals surface area contributed by atoms with Crippen molar-refractivity contribution in [1.29, 1.82) is 0 Å². The number of aromatic amines is 1. The first-order valence-electron chi connectivity index (χ1n) is 9.92. The monoisotopic (exact) mass is 418 g/mol. The van der Waals surface area contributed by atoms with Crippen molar-refractivity contribution in [1.82, 2.24) is 9.55 Å². The number of rotatable bonds is 12. The van der Waals surface area contributed by atoms with Crippen LogP contribution in [0.5, 0.6) is 0 Å². The van der Waals surface area contributed by atoms with Gasteiger partial charge in [-0.15, -0.1) is 0 Å². The van der Waals surface area contributed by atoms with E-state index in [1.807, 2.05) is 0 Å². The Morgan fingerprint density at radius 2 is 1.93 bits per heavy atom. The average molecular weight is 418 g/mol. The highest BCUT2D eigenvalue weighted by atomic mass is 31.2. The van der Waals surface area contributed by atoms with Crippen LogP contribution in [-0.2, 0) is 18.3 Å². The summed E-state index contributed by atoms with van der Waals surface area (Å²) in [5.41, 5.74) is -0.564. The molecular formula is C18H31N2O7P. The van der Waals surface area contributed by atoms with E-state index in [2.05, 4.69) is 11.9 Å². The number of H-pyrrole nitrogens is 1. The minimum absolute atomic E-state index is 0.0993. The summed E-state index contributed by atoms with van der Waals surface area (Å²) in [6.45, 7) is 3.84. The lowest BCUT2D eigenvalue weighted by molar-refractivity contribution is -0.0261. The van der Waals surface area contributed by atoms with E-state index in [-0.39, 0.29) is 13.2 Å². The molecule has 0 aromatic carbocycles. The van der Waals surface area contributed by atoms with Crippen LogP contribution < -0.4 is 11.2 Å². The van der Waals surface area contributed by atoms with E-state index in [0.717, 1.165) is 12.8 Å². The van der Waals surface area contributed by atoms with Gasteiger partial charge < -0.3 is 9.63 Å². The predicted octanol–water partition coefficient (Wildman–Crippen LogP) is 3.02. The summed E-state index contributed by atoms with van der Waals surface area (Å²) in [5, 5.41) is 0. The number of aryl methyl sites for hydroxylation is 1. The number of nitrogens with zero attached hydrogens (tertiary/aromatic N) is 1. The molecule has 0 aliphatic carbocycles. The second kappa shape index (κ2) is 11.1. The van der Waals surface area contributed by atoms with Gasteiger partial charge in [0, 0.05) is 11.8 Å². The number of phosphoric ester groups is 1. The van der Waals surface area contributed by atoms with Crippen molar-refractivity contribution in [2.45, 2.75) is 77.5 Å². The van der Waals surface area contributed by atoms with Gasteiger partial charge in [-0.1, -0.05) is 39.0 Å². The molecule has 160 valence electrons. The number of ether oxygens (including phenoxy) is 1. The zero-order chi connectivity index (χ0) is 20.6. The standard InChI is InChI=1S/C18H31N2O7P/c1-3-4-5-6-7-8-11-25-28(23,24)26-13-15-9-10-16(27-15)20-12-14(2)17(21)19-18(20)22/h12,15-16H,3-11,13H2,1-2H3,(H,23,24)(H,19,21,22)/t15-,16+/m0/s1. The van der Waals surface area contributed by atoms with Gasteiger partial charge in [-0.3, -0.25) is 23.4 Å². The fourth-order valence-corrected chi connectivity index (χ4v) is 3.88. The lowest BCUT2D eigenvalue weighted by Crippen LogP contribution is -2.33. The van der Waals surface area contributed by atoms with Crippen molar-refractivity contribution >= 4 is 7.82 Å². The number of aromatic nitrogens is 2. The van der Waals surface area contributed by atoms with Crippen molar-refractivity contribution in [3.63, 3.8) is 0 Å². The Hall–Kier alpha value is -1.25. The van der Waals surface area contributed by atoms with Crippen LogP contribution in [0.2, 0.25) is 0 Å². The van der Waals surface area contributed by atoms with Crippen LogP contribution in [0.25, 0.3) is 0 Å². The van der Waals surface area contributed by atoms with Crippen LogP contribution in [0.15, 0.2) is 15.8 Å². The minimum Gasteiger partial charge on any atom is -0.352 e. The second-order valence-corrected chi connectivity index (χ2v) is 8.59. The minimum atomic E-state index is -4.12. The number of hydrogen-bond acceptors (Lipinski definition) is 6. The molecule has 1 fully saturated rings. The summed E-state index contributed by atoms with van der Waals surface area (Å²) >= 11 is 0. The normalized spacial score (nSPS) is 21.7. The Labute approximate surface area is 164 Å². The van der Waals surface area contributed by atoms with E-state index in [9.17, 15) is 19.0 Å². The average Bonchev–Trinajstić information content (AvgIpc) is 3.11. The lowest BCUT2D eigenvalue weighted by atomic mass is 10.1. The third-order valence-corrected chi connectivity index (χ3v) is 5.70. The van der Waals surface area contributed by atoms with Crippen LogP contribution in [0.1, 0.15) is 70.1 Å². The quantitative estimate of drug-likeness (QED) is 0.395. The third-order valence-electron chi connectivity index (χ3n) is 4.72. The van der Waals surface area contributed by atoms with Crippen molar-refractivity contribution in [2.75, 3.05) is 13.2 Å². The molecule has 0 radical (unpaired) electrons. The Bertz CT molecular complexity index is 776. The molecule has 1 unspecified atom stereocenters. The van der Waals surface area contributed by atoms with E-state index in [0.29, 0.717) is 24.8 Å². The summed E-state index contributed by atoms with van der Waals surface area (Å²) < 4.78 is 29.0. The molecule has 3 atom stereocenters. The van der Waals surface area contributed by atoms with Crippen LogP contribution >= 0.6 is 7.82 Å². The van der Waals surface area contributed by atoms with Gasteiger partial charge in [-0.2, -0.15) is 0 Å². The molecule has 1 aliphatic heterocycles. The van der Waals surface area contributed by atoms with Crippen LogP contribution in [0, 0.1) is 6.92 Å². The zero-order valence-corrected chi connectivity index (χ0v) is 17.5. The summed E-state index contributed by atoms with van der Waals surface area (Å²) in [6.07, 6.45) is 7.90. The summed E-state index contributed by atoms with van der Waals surface area (Å²) in [7, 11) is -4.12. The molecule has 0 bridgehead atoms. The third kappa shape index (κ3) is 7.29. The highest BCUT2D eigenvalue weighted by Crippen LogP contribution is 2.44. The molecule has 1 aromatic heterocycles. The van der Waals surface area contributed by atoms with Crippen LogP contribution in [0.3, 0.4) is 0 Å². The van der Waals surface area contributed by atoms with Gasteiger partial charge in [0.15, 0.2) is 0 Å². The Kier molecular flexibility index (Phi) is 9.11. The molecule has 2 heterocycles. The highest BCUT2D eigenvalue weighted by Gasteiger charge is 2.30. The molecular weight excluding hydrogens is 387 g/mol. The summed E-state index contributed by atoms with van der Waals surface area (Å²) in [6, 6.07) is 0. The number of nitrogens with one attached hydrogen (secondary N) is 1. The molecule has 10 heteroatoms. The first-order valence-corrected chi connectivity index (χ1v) is 11.4. The molecule has 0 spiro atoms. The molecule has 1 aliphatic rings. The van der Waals surface area contributed by atoms with E-state index < -0.39 is 31.4 Å². The van der Waals surface area contributed by atoms with Gasteiger partial charge in [0.05, 0.1) is 19.3 Å². The molecule has 28 heavy (non-hydrogen) atoms. The first-order chi connectivity index (χ1) is 13.3. The Morgan fingerprint density at radius 3 is 2.68 bits per heavy atom. The van der Waals surface area contributed by atoms with Crippen LogP contribution in [0.4, 0.5) is 0 Å². The fraction of sp³-hybridized carbons (Fsp3) is 0.778. The molecule has 9 nitrogen and oxygen atoms in total. The second-order valence-electron chi connectivity index (χ2n) is 7.13.